The van der Waals surface area contributed by atoms with Crippen molar-refractivity contribution in [3.63, 3.8) is 0 Å². The second kappa shape index (κ2) is 14.1. The Morgan fingerprint density at radius 2 is 1.72 bits per heavy atom. The molecule has 2 aromatic rings. The van der Waals surface area contributed by atoms with Crippen LogP contribution in [0.4, 0.5) is 13.2 Å². The Hall–Kier alpha value is -3.45. The molecule has 0 radical (unpaired) electrons. The fourth-order valence-corrected chi connectivity index (χ4v) is 4.88. The largest absolute Gasteiger partial charge is 0.490 e. The first-order valence-corrected chi connectivity index (χ1v) is 13.6. The fraction of sp³-hybridized carbons (Fsp3) is 0.423. The van der Waals surface area contributed by atoms with Crippen LogP contribution in [0.1, 0.15) is 29.5 Å². The Kier molecular flexibility index (Phi) is 11.5. The van der Waals surface area contributed by atoms with Crippen molar-refractivity contribution >= 4 is 27.7 Å². The summed E-state index contributed by atoms with van der Waals surface area (Å²) in [6.07, 6.45) is -3.52. The van der Waals surface area contributed by atoms with E-state index in [-0.39, 0.29) is 10.8 Å². The average molecular weight is 571 g/mol. The number of rotatable bonds is 10. The normalized spacial score (nSPS) is 13.3. The van der Waals surface area contributed by atoms with E-state index < -0.39 is 22.2 Å². The summed E-state index contributed by atoms with van der Waals surface area (Å²) in [5.41, 5.74) is 3.14. The van der Waals surface area contributed by atoms with E-state index in [2.05, 4.69) is 34.6 Å². The van der Waals surface area contributed by atoms with Gasteiger partial charge in [-0.25, -0.2) is 17.5 Å². The number of amides is 1. The molecule has 13 heteroatoms. The van der Waals surface area contributed by atoms with Crippen LogP contribution in [0.5, 0.6) is 0 Å². The molecule has 2 aromatic carbocycles. The molecule has 1 amide bonds. The highest BCUT2D eigenvalue weighted by Gasteiger charge is 2.38. The van der Waals surface area contributed by atoms with E-state index in [0.29, 0.717) is 25.9 Å². The van der Waals surface area contributed by atoms with Gasteiger partial charge in [-0.2, -0.15) is 13.2 Å². The van der Waals surface area contributed by atoms with Crippen molar-refractivity contribution in [2.45, 2.75) is 37.3 Å². The van der Waals surface area contributed by atoms with Gasteiger partial charge in [0.2, 0.25) is 15.9 Å². The molecule has 0 spiro atoms. The number of carboxylic acids is 1. The van der Waals surface area contributed by atoms with Crippen molar-refractivity contribution in [1.29, 1.82) is 0 Å². The van der Waals surface area contributed by atoms with Crippen molar-refractivity contribution in [1.82, 2.24) is 14.5 Å². The maximum Gasteiger partial charge on any atom is 0.490 e. The number of carboxylic acid groups (broad SMARTS) is 1. The van der Waals surface area contributed by atoms with Gasteiger partial charge in [0.1, 0.15) is 5.84 Å². The third-order valence-electron chi connectivity index (χ3n) is 5.87. The third kappa shape index (κ3) is 9.98. The van der Waals surface area contributed by atoms with Crippen LogP contribution in [-0.2, 0) is 26.0 Å². The smallest absolute Gasteiger partial charge is 0.475 e. The first-order valence-electron chi connectivity index (χ1n) is 12.2. The van der Waals surface area contributed by atoms with E-state index >= 15 is 0 Å². The van der Waals surface area contributed by atoms with Crippen molar-refractivity contribution in [2.75, 3.05) is 40.3 Å². The number of carbonyl (C=O) groups excluding carboxylic acids is 1. The fourth-order valence-electron chi connectivity index (χ4n) is 3.56. The van der Waals surface area contributed by atoms with E-state index in [1.807, 2.05) is 13.0 Å². The van der Waals surface area contributed by atoms with Crippen molar-refractivity contribution in [2.24, 2.45) is 4.99 Å². The van der Waals surface area contributed by atoms with Crippen molar-refractivity contribution < 1.29 is 36.3 Å². The number of halogens is 3. The molecule has 1 aliphatic rings. The van der Waals surface area contributed by atoms with Crippen LogP contribution in [0.3, 0.4) is 0 Å². The molecule has 0 atom stereocenters. The summed E-state index contributed by atoms with van der Waals surface area (Å²) in [6, 6.07) is 15.1. The Morgan fingerprint density at radius 3 is 2.26 bits per heavy atom. The van der Waals surface area contributed by atoms with E-state index in [1.54, 1.807) is 37.2 Å². The van der Waals surface area contributed by atoms with Gasteiger partial charge in [-0.3, -0.25) is 9.79 Å². The minimum Gasteiger partial charge on any atom is -0.475 e. The zero-order valence-corrected chi connectivity index (χ0v) is 22.8. The van der Waals surface area contributed by atoms with Gasteiger partial charge >= 0.3 is 12.1 Å². The van der Waals surface area contributed by atoms with Gasteiger partial charge in [-0.05, 0) is 43.0 Å². The van der Waals surface area contributed by atoms with E-state index in [4.69, 9.17) is 9.90 Å². The molecule has 39 heavy (non-hydrogen) atoms. The molecule has 1 heterocycles. The van der Waals surface area contributed by atoms with Crippen LogP contribution in [-0.4, -0.2) is 86.9 Å². The molecule has 2 N–H and O–H groups in total. The minimum atomic E-state index is -5.08. The number of hydrogen-bond acceptors (Lipinski definition) is 6. The van der Waals surface area contributed by atoms with E-state index in [1.165, 1.54) is 4.31 Å². The van der Waals surface area contributed by atoms with E-state index in [9.17, 15) is 26.4 Å². The molecule has 0 aromatic heterocycles. The van der Waals surface area contributed by atoms with Gasteiger partial charge in [-0.15, -0.1) is 0 Å². The highest BCUT2D eigenvalue weighted by Crippen LogP contribution is 2.16. The van der Waals surface area contributed by atoms with Crippen LogP contribution in [0.25, 0.3) is 0 Å². The van der Waals surface area contributed by atoms with Crippen LogP contribution in [0, 0.1) is 6.92 Å². The molecule has 0 unspecified atom stereocenters. The average Bonchev–Trinajstić information content (AvgIpc) is 3.42. The maximum atomic E-state index is 12.7. The number of benzene rings is 2. The van der Waals surface area contributed by atoms with Crippen LogP contribution in [0.15, 0.2) is 58.4 Å². The highest BCUT2D eigenvalue weighted by atomic mass is 32.2. The number of sulfonamides is 1. The molecule has 214 valence electrons. The molecular weight excluding hydrogens is 537 g/mol. The summed E-state index contributed by atoms with van der Waals surface area (Å²) in [4.78, 5) is 27.8. The number of alkyl halides is 3. The minimum absolute atomic E-state index is 0.0208. The molecule has 0 bridgehead atoms. The number of aryl methyl sites for hydroxylation is 1. The second-order valence-electron chi connectivity index (χ2n) is 8.97. The monoisotopic (exact) mass is 570 g/mol. The van der Waals surface area contributed by atoms with Crippen LogP contribution < -0.4 is 5.32 Å². The molecule has 1 aliphatic heterocycles. The summed E-state index contributed by atoms with van der Waals surface area (Å²) < 4.78 is 58.4. The number of hydrogen-bond donors (Lipinski definition) is 2. The highest BCUT2D eigenvalue weighted by molar-refractivity contribution is 7.89. The molecule has 9 nitrogen and oxygen atoms in total. The first-order chi connectivity index (χ1) is 18.2. The zero-order chi connectivity index (χ0) is 29.2. The summed E-state index contributed by atoms with van der Waals surface area (Å²) in [5, 5.41) is 10.4. The van der Waals surface area contributed by atoms with Crippen molar-refractivity contribution in [3.8, 4) is 0 Å². The molecular formula is C26H33F3N4O5S. The Labute approximate surface area is 226 Å². The predicted octanol–water partition coefficient (Wildman–Crippen LogP) is 3.08. The maximum absolute atomic E-state index is 12.7. The van der Waals surface area contributed by atoms with Crippen molar-refractivity contribution in [3.05, 3.63) is 65.2 Å². The van der Waals surface area contributed by atoms with E-state index in [0.717, 1.165) is 42.0 Å². The third-order valence-corrected chi connectivity index (χ3v) is 7.72. The van der Waals surface area contributed by atoms with Gasteiger partial charge in [-0.1, -0.05) is 36.4 Å². The molecule has 0 saturated heterocycles. The van der Waals surface area contributed by atoms with Crippen LogP contribution in [0.2, 0.25) is 0 Å². The van der Waals surface area contributed by atoms with Gasteiger partial charge in [0.05, 0.1) is 11.4 Å². The molecule has 0 aliphatic carbocycles. The lowest BCUT2D eigenvalue weighted by Crippen LogP contribution is -2.31. The number of nitrogens with zero attached hydrogens (tertiary/aromatic N) is 3. The number of amidine groups is 1. The standard InChI is InChI=1S/C24H32N4O3S.C2HF3O2/c1-19-6-4-7-22(18-19)32(30,31)28(3)16-5-8-23(29)27(2)17-13-20-9-11-21(12-10-20)24-25-14-15-26-24;3-2(4,5)1(6)7/h4,6-7,9-12,18H,5,8,13-17H2,1-3H3,(H,25,26);(H,6,7). The lowest BCUT2D eigenvalue weighted by atomic mass is 10.1. The molecule has 0 saturated carbocycles. The second-order valence-corrected chi connectivity index (χ2v) is 11.0. The quantitative estimate of drug-likeness (QED) is 0.453. The lowest BCUT2D eigenvalue weighted by molar-refractivity contribution is -0.192. The number of likely N-dealkylation sites (N-methyl/N-ethyl adjacent to an activating group) is 1. The molecule has 0 fully saturated rings. The lowest BCUT2D eigenvalue weighted by Gasteiger charge is -2.20. The van der Waals surface area contributed by atoms with Gasteiger partial charge in [0.25, 0.3) is 0 Å². The summed E-state index contributed by atoms with van der Waals surface area (Å²) in [7, 11) is -0.190. The van der Waals surface area contributed by atoms with Gasteiger partial charge in [0.15, 0.2) is 0 Å². The predicted molar refractivity (Wildman–Crippen MR) is 141 cm³/mol. The number of aliphatic imine (C=N–C) groups is 1. The summed E-state index contributed by atoms with van der Waals surface area (Å²) in [5.74, 6) is -1.79. The van der Waals surface area contributed by atoms with Crippen LogP contribution >= 0.6 is 0 Å². The summed E-state index contributed by atoms with van der Waals surface area (Å²) >= 11 is 0. The first kappa shape index (κ1) is 31.8. The Bertz CT molecular complexity index is 1270. The van der Waals surface area contributed by atoms with Gasteiger partial charge in [0, 0.05) is 45.7 Å². The zero-order valence-electron chi connectivity index (χ0n) is 22.0. The topological polar surface area (TPSA) is 119 Å². The Morgan fingerprint density at radius 1 is 1.08 bits per heavy atom. The van der Waals surface area contributed by atoms with Gasteiger partial charge < -0.3 is 15.3 Å². The SMILES string of the molecule is Cc1cccc(S(=O)(=O)N(C)CCCC(=O)N(C)CCc2ccc(C3=NCCN3)cc2)c1.O=C(O)C(F)(F)F. The number of carbonyl (C=O) groups is 2. The number of nitrogens with one attached hydrogen (secondary N) is 1. The number of aliphatic carboxylic acids is 1. The Balaban J connectivity index is 0.000000673. The molecule has 3 rings (SSSR count). The summed E-state index contributed by atoms with van der Waals surface area (Å²) in [6.45, 7) is 4.49.